The van der Waals surface area contributed by atoms with Gasteiger partial charge in [0, 0.05) is 30.6 Å². The maximum absolute atomic E-state index is 13.5. The molecule has 7 nitrogen and oxygen atoms in total. The van der Waals surface area contributed by atoms with Crippen molar-refractivity contribution in [3.8, 4) is 5.75 Å². The van der Waals surface area contributed by atoms with Gasteiger partial charge in [0.1, 0.15) is 18.0 Å². The van der Waals surface area contributed by atoms with Crippen molar-refractivity contribution in [2.24, 2.45) is 23.2 Å². The molecule has 2 bridgehead atoms. The number of hydrogen-bond donors (Lipinski definition) is 3. The van der Waals surface area contributed by atoms with Crippen LogP contribution in [0.15, 0.2) is 35.9 Å². The molecule has 0 radical (unpaired) electrons. The maximum Gasteiger partial charge on any atom is 0.247 e. The van der Waals surface area contributed by atoms with Gasteiger partial charge in [0.2, 0.25) is 11.8 Å². The van der Waals surface area contributed by atoms with Crippen molar-refractivity contribution in [3.63, 3.8) is 0 Å². The fraction of sp³-hybridized carbons (Fsp3) is 0.655. The average Bonchev–Trinajstić information content (AvgIpc) is 3.27. The lowest BCUT2D eigenvalue weighted by Crippen LogP contribution is -2.59. The highest BCUT2D eigenvalue weighted by atomic mass is 16.5. The van der Waals surface area contributed by atoms with E-state index < -0.39 is 24.2 Å². The number of para-hydroxylation sites is 1. The predicted octanol–water partition coefficient (Wildman–Crippen LogP) is 3.01. The highest BCUT2D eigenvalue weighted by molar-refractivity contribution is 5.96. The highest BCUT2D eigenvalue weighted by Gasteiger charge is 2.56. The zero-order valence-corrected chi connectivity index (χ0v) is 21.7. The van der Waals surface area contributed by atoms with Crippen LogP contribution in [0.5, 0.6) is 5.75 Å². The minimum Gasteiger partial charge on any atom is -0.486 e. The van der Waals surface area contributed by atoms with Crippen LogP contribution in [0, 0.1) is 23.2 Å². The third-order valence-electron chi connectivity index (χ3n) is 9.45. The van der Waals surface area contributed by atoms with E-state index in [0.717, 1.165) is 24.3 Å². The second-order valence-electron chi connectivity index (χ2n) is 11.7. The van der Waals surface area contributed by atoms with Crippen molar-refractivity contribution in [3.05, 3.63) is 41.5 Å². The van der Waals surface area contributed by atoms with Crippen LogP contribution in [-0.4, -0.2) is 64.9 Å². The fourth-order valence-electron chi connectivity index (χ4n) is 7.37. The van der Waals surface area contributed by atoms with Crippen LogP contribution >= 0.6 is 0 Å². The van der Waals surface area contributed by atoms with Crippen molar-refractivity contribution in [2.45, 2.75) is 77.0 Å². The summed E-state index contributed by atoms with van der Waals surface area (Å²) in [6.07, 6.45) is 4.82. The standard InChI is InChI=1S/C29H40N2O5/c1-4-7-24(33)31(16-17-10-11-18-14-21(17)29(18,2)3)22-15-20(28(35)30-12-13-32)25-19-8-5-6-9-23(19)36-27(25)26(22)34/h5-6,8-9,15,17-18,21-22,25-27,32,34H,4,7,10-14,16H2,1-3H3,(H,30,35). The van der Waals surface area contributed by atoms with E-state index in [-0.39, 0.29) is 25.0 Å². The van der Waals surface area contributed by atoms with Gasteiger partial charge in [-0.3, -0.25) is 9.59 Å². The summed E-state index contributed by atoms with van der Waals surface area (Å²) in [6.45, 7) is 7.26. The molecule has 0 spiro atoms. The number of ether oxygens (including phenoxy) is 1. The Morgan fingerprint density at radius 3 is 2.69 bits per heavy atom. The molecule has 0 aromatic heterocycles. The monoisotopic (exact) mass is 496 g/mol. The van der Waals surface area contributed by atoms with Gasteiger partial charge in [-0.05, 0) is 61.0 Å². The smallest absolute Gasteiger partial charge is 0.247 e. The zero-order chi connectivity index (χ0) is 25.6. The summed E-state index contributed by atoms with van der Waals surface area (Å²) in [6, 6.07) is 6.92. The molecule has 5 aliphatic rings. The van der Waals surface area contributed by atoms with Crippen LogP contribution in [0.1, 0.15) is 64.4 Å². The summed E-state index contributed by atoms with van der Waals surface area (Å²) < 4.78 is 6.22. The number of aliphatic hydroxyl groups excluding tert-OH is 2. The van der Waals surface area contributed by atoms with E-state index in [4.69, 9.17) is 4.74 Å². The second kappa shape index (κ2) is 9.82. The van der Waals surface area contributed by atoms with Crippen LogP contribution in [0.3, 0.4) is 0 Å². The number of amides is 2. The number of benzene rings is 1. The first kappa shape index (κ1) is 25.3. The first-order valence-electron chi connectivity index (χ1n) is 13.6. The Hall–Kier alpha value is -2.38. The molecular weight excluding hydrogens is 456 g/mol. The number of rotatable bonds is 8. The van der Waals surface area contributed by atoms with E-state index in [2.05, 4.69) is 19.2 Å². The lowest BCUT2D eigenvalue weighted by molar-refractivity contribution is -0.146. The lowest BCUT2D eigenvalue weighted by atomic mass is 9.45. The van der Waals surface area contributed by atoms with Crippen molar-refractivity contribution in [1.82, 2.24) is 10.2 Å². The topological polar surface area (TPSA) is 99.1 Å². The first-order valence-corrected chi connectivity index (χ1v) is 13.6. The minimum absolute atomic E-state index is 0.0149. The van der Waals surface area contributed by atoms with Crippen molar-refractivity contribution >= 4 is 11.8 Å². The SMILES string of the molecule is CCCC(=O)N(CC1CCC2CC1C2(C)C)C1C=C(C(=O)NCCO)C2c3ccccc3OC2C1O. The van der Waals surface area contributed by atoms with Crippen molar-refractivity contribution in [1.29, 1.82) is 0 Å². The number of hydrogen-bond acceptors (Lipinski definition) is 5. The molecule has 1 heterocycles. The van der Waals surface area contributed by atoms with E-state index in [1.807, 2.05) is 36.1 Å². The Labute approximate surface area is 213 Å². The molecule has 3 saturated carbocycles. The third kappa shape index (κ3) is 4.14. The van der Waals surface area contributed by atoms with Crippen LogP contribution < -0.4 is 10.1 Å². The molecule has 3 N–H and O–H groups in total. The van der Waals surface area contributed by atoms with E-state index in [9.17, 15) is 19.8 Å². The van der Waals surface area contributed by atoms with Gasteiger partial charge in [0.05, 0.1) is 18.6 Å². The molecule has 2 amide bonds. The molecule has 196 valence electrons. The Kier molecular flexibility index (Phi) is 6.90. The number of carbonyl (C=O) groups is 2. The number of aliphatic hydroxyl groups is 2. The maximum atomic E-state index is 13.5. The van der Waals surface area contributed by atoms with E-state index in [1.54, 1.807) is 6.08 Å². The van der Waals surface area contributed by atoms with Gasteiger partial charge in [-0.2, -0.15) is 0 Å². The Balaban J connectivity index is 1.50. The second-order valence-corrected chi connectivity index (χ2v) is 11.7. The van der Waals surface area contributed by atoms with E-state index in [1.165, 1.54) is 12.8 Å². The first-order chi connectivity index (χ1) is 17.3. The van der Waals surface area contributed by atoms with Gasteiger partial charge in [-0.25, -0.2) is 0 Å². The normalized spacial score (nSPS) is 33.4. The van der Waals surface area contributed by atoms with Gasteiger partial charge in [-0.1, -0.05) is 39.0 Å². The lowest BCUT2D eigenvalue weighted by Gasteiger charge is -2.61. The zero-order valence-electron chi connectivity index (χ0n) is 21.7. The third-order valence-corrected chi connectivity index (χ3v) is 9.45. The quantitative estimate of drug-likeness (QED) is 0.514. The van der Waals surface area contributed by atoms with Gasteiger partial charge >= 0.3 is 0 Å². The van der Waals surface area contributed by atoms with Crippen LogP contribution in [0.25, 0.3) is 0 Å². The fourth-order valence-corrected chi connectivity index (χ4v) is 7.37. The summed E-state index contributed by atoms with van der Waals surface area (Å²) in [5, 5.41) is 23.7. The number of fused-ring (bicyclic) bond motifs is 5. The molecular formula is C29H40N2O5. The number of nitrogens with zero attached hydrogens (tertiary/aromatic N) is 1. The van der Waals surface area contributed by atoms with E-state index in [0.29, 0.717) is 41.5 Å². The molecule has 7 atom stereocenters. The number of carbonyl (C=O) groups excluding carboxylic acids is 2. The average molecular weight is 497 g/mol. The molecule has 1 aliphatic heterocycles. The van der Waals surface area contributed by atoms with Crippen LogP contribution in [0.4, 0.5) is 0 Å². The summed E-state index contributed by atoms with van der Waals surface area (Å²) in [5.74, 6) is 1.69. The molecule has 6 rings (SSSR count). The van der Waals surface area contributed by atoms with Gasteiger partial charge in [0.25, 0.3) is 0 Å². The summed E-state index contributed by atoms with van der Waals surface area (Å²) in [7, 11) is 0. The summed E-state index contributed by atoms with van der Waals surface area (Å²) in [5.41, 5.74) is 1.65. The highest BCUT2D eigenvalue weighted by Crippen LogP contribution is 2.61. The predicted molar refractivity (Wildman–Crippen MR) is 136 cm³/mol. The van der Waals surface area contributed by atoms with Gasteiger partial charge in [0.15, 0.2) is 0 Å². The molecule has 7 unspecified atom stereocenters. The van der Waals surface area contributed by atoms with Gasteiger partial charge in [-0.15, -0.1) is 0 Å². The van der Waals surface area contributed by atoms with Crippen LogP contribution in [0.2, 0.25) is 0 Å². The van der Waals surface area contributed by atoms with Crippen LogP contribution in [-0.2, 0) is 9.59 Å². The Morgan fingerprint density at radius 2 is 2.00 bits per heavy atom. The molecule has 4 aliphatic carbocycles. The Bertz CT molecular complexity index is 1030. The largest absolute Gasteiger partial charge is 0.486 e. The van der Waals surface area contributed by atoms with Crippen molar-refractivity contribution in [2.75, 3.05) is 19.7 Å². The summed E-state index contributed by atoms with van der Waals surface area (Å²) >= 11 is 0. The molecule has 1 aromatic rings. The molecule has 0 saturated heterocycles. The minimum atomic E-state index is -0.955. The van der Waals surface area contributed by atoms with Gasteiger partial charge < -0.3 is 25.2 Å². The summed E-state index contributed by atoms with van der Waals surface area (Å²) in [4.78, 5) is 28.6. The Morgan fingerprint density at radius 1 is 1.22 bits per heavy atom. The van der Waals surface area contributed by atoms with E-state index >= 15 is 0 Å². The molecule has 3 fully saturated rings. The van der Waals surface area contributed by atoms with Crippen molar-refractivity contribution < 1.29 is 24.5 Å². The molecule has 1 aromatic carbocycles. The molecule has 7 heteroatoms. The number of nitrogens with one attached hydrogen (secondary N) is 1. The molecule has 36 heavy (non-hydrogen) atoms.